The molecule has 21 heavy (non-hydrogen) atoms. The second kappa shape index (κ2) is 5.85. The highest BCUT2D eigenvalue weighted by Crippen LogP contribution is 2.47. The predicted octanol–water partition coefficient (Wildman–Crippen LogP) is 2.66. The SMILES string of the molecule is COc1ccc([C@@H]2NCC[C@@]3(O)CCCC[C@H]23)c(OC)c1. The smallest absolute Gasteiger partial charge is 0.127 e. The maximum absolute atomic E-state index is 11.0. The second-order valence-corrected chi connectivity index (χ2v) is 6.25. The lowest BCUT2D eigenvalue weighted by molar-refractivity contribution is -0.0863. The van der Waals surface area contributed by atoms with Gasteiger partial charge in [0.2, 0.25) is 0 Å². The fourth-order valence-corrected chi connectivity index (χ4v) is 4.03. The molecular formula is C17H25NO3. The molecule has 2 N–H and O–H groups in total. The Hall–Kier alpha value is -1.26. The minimum Gasteiger partial charge on any atom is -0.497 e. The molecule has 0 bridgehead atoms. The molecule has 3 rings (SSSR count). The van der Waals surface area contributed by atoms with Crippen molar-refractivity contribution in [1.29, 1.82) is 0 Å². The van der Waals surface area contributed by atoms with Crippen LogP contribution in [0.3, 0.4) is 0 Å². The lowest BCUT2D eigenvalue weighted by Gasteiger charge is -2.48. The van der Waals surface area contributed by atoms with Crippen LogP contribution in [-0.4, -0.2) is 31.5 Å². The highest BCUT2D eigenvalue weighted by Gasteiger charge is 2.46. The normalized spacial score (nSPS) is 32.3. The Kier molecular flexibility index (Phi) is 4.09. The summed E-state index contributed by atoms with van der Waals surface area (Å²) in [4.78, 5) is 0. The molecule has 3 atom stereocenters. The van der Waals surface area contributed by atoms with Crippen LogP contribution >= 0.6 is 0 Å². The van der Waals surface area contributed by atoms with Gasteiger partial charge in [0.05, 0.1) is 19.8 Å². The van der Waals surface area contributed by atoms with E-state index in [4.69, 9.17) is 9.47 Å². The molecule has 0 aromatic heterocycles. The molecule has 0 spiro atoms. The topological polar surface area (TPSA) is 50.7 Å². The molecule has 4 nitrogen and oxygen atoms in total. The zero-order chi connectivity index (χ0) is 14.9. The first-order valence-electron chi connectivity index (χ1n) is 7.85. The summed E-state index contributed by atoms with van der Waals surface area (Å²) < 4.78 is 10.8. The number of benzene rings is 1. The molecule has 0 unspecified atom stereocenters. The van der Waals surface area contributed by atoms with E-state index in [0.717, 1.165) is 49.3 Å². The first-order valence-corrected chi connectivity index (χ1v) is 7.85. The molecule has 1 aliphatic heterocycles. The van der Waals surface area contributed by atoms with Crippen molar-refractivity contribution in [3.05, 3.63) is 23.8 Å². The van der Waals surface area contributed by atoms with Gasteiger partial charge in [-0.15, -0.1) is 0 Å². The quantitative estimate of drug-likeness (QED) is 0.899. The first kappa shape index (κ1) is 14.7. The summed E-state index contributed by atoms with van der Waals surface area (Å²) in [5, 5.41) is 14.6. The van der Waals surface area contributed by atoms with Gasteiger partial charge in [0.15, 0.2) is 0 Å². The van der Waals surface area contributed by atoms with Gasteiger partial charge >= 0.3 is 0 Å². The fraction of sp³-hybridized carbons (Fsp3) is 0.647. The Labute approximate surface area is 126 Å². The van der Waals surface area contributed by atoms with Crippen LogP contribution in [0.4, 0.5) is 0 Å². The fourth-order valence-electron chi connectivity index (χ4n) is 4.03. The zero-order valence-corrected chi connectivity index (χ0v) is 12.9. The second-order valence-electron chi connectivity index (χ2n) is 6.25. The number of methoxy groups -OCH3 is 2. The van der Waals surface area contributed by atoms with Gasteiger partial charge < -0.3 is 19.9 Å². The molecule has 1 saturated heterocycles. The van der Waals surface area contributed by atoms with Gasteiger partial charge in [-0.1, -0.05) is 18.9 Å². The van der Waals surface area contributed by atoms with Crippen molar-refractivity contribution >= 4 is 0 Å². The van der Waals surface area contributed by atoms with E-state index in [-0.39, 0.29) is 12.0 Å². The van der Waals surface area contributed by atoms with Crippen LogP contribution < -0.4 is 14.8 Å². The van der Waals surface area contributed by atoms with Crippen molar-refractivity contribution in [3.63, 3.8) is 0 Å². The Bertz CT molecular complexity index is 501. The minimum absolute atomic E-state index is 0.157. The van der Waals surface area contributed by atoms with Crippen LogP contribution in [0.25, 0.3) is 0 Å². The van der Waals surface area contributed by atoms with E-state index >= 15 is 0 Å². The summed E-state index contributed by atoms with van der Waals surface area (Å²) in [7, 11) is 3.35. The first-order chi connectivity index (χ1) is 10.2. The average molecular weight is 291 g/mol. The van der Waals surface area contributed by atoms with Gasteiger partial charge in [0.25, 0.3) is 0 Å². The van der Waals surface area contributed by atoms with Gasteiger partial charge in [-0.2, -0.15) is 0 Å². The number of nitrogens with one attached hydrogen (secondary N) is 1. The molecule has 1 aromatic carbocycles. The number of hydrogen-bond acceptors (Lipinski definition) is 4. The van der Waals surface area contributed by atoms with Gasteiger partial charge in [-0.3, -0.25) is 0 Å². The molecule has 1 saturated carbocycles. The summed E-state index contributed by atoms with van der Waals surface area (Å²) in [6.07, 6.45) is 5.19. The lowest BCUT2D eigenvalue weighted by atomic mass is 9.66. The number of rotatable bonds is 3. The summed E-state index contributed by atoms with van der Waals surface area (Å²) in [6.45, 7) is 0.854. The van der Waals surface area contributed by atoms with Gasteiger partial charge in [0.1, 0.15) is 11.5 Å². The molecule has 4 heteroatoms. The molecule has 0 radical (unpaired) electrons. The zero-order valence-electron chi connectivity index (χ0n) is 12.9. The molecular weight excluding hydrogens is 266 g/mol. The molecule has 116 valence electrons. The Morgan fingerprint density at radius 1 is 1.19 bits per heavy atom. The predicted molar refractivity (Wildman–Crippen MR) is 81.8 cm³/mol. The standard InChI is InChI=1S/C17H25NO3/c1-20-12-6-7-13(15(11-12)21-2)16-14-5-3-4-8-17(14,19)9-10-18-16/h6-7,11,14,16,18-19H,3-5,8-10H2,1-2H3/t14-,16+,17+/m1/s1. The molecule has 1 aromatic rings. The summed E-state index contributed by atoms with van der Waals surface area (Å²) in [5.74, 6) is 1.90. The Morgan fingerprint density at radius 3 is 2.81 bits per heavy atom. The number of ether oxygens (including phenoxy) is 2. The van der Waals surface area contributed by atoms with Crippen LogP contribution in [0, 0.1) is 5.92 Å². The lowest BCUT2D eigenvalue weighted by Crippen LogP contribution is -2.53. The van der Waals surface area contributed by atoms with E-state index in [9.17, 15) is 5.11 Å². The van der Waals surface area contributed by atoms with Crippen molar-refractivity contribution in [2.75, 3.05) is 20.8 Å². The number of fused-ring (bicyclic) bond motifs is 1. The largest absolute Gasteiger partial charge is 0.497 e. The van der Waals surface area contributed by atoms with Crippen molar-refractivity contribution in [2.24, 2.45) is 5.92 Å². The maximum Gasteiger partial charge on any atom is 0.127 e. The monoisotopic (exact) mass is 291 g/mol. The van der Waals surface area contributed by atoms with E-state index in [0.29, 0.717) is 0 Å². The molecule has 2 aliphatic rings. The Balaban J connectivity index is 1.95. The van der Waals surface area contributed by atoms with Crippen molar-refractivity contribution < 1.29 is 14.6 Å². The third kappa shape index (κ3) is 2.62. The molecule has 1 heterocycles. The maximum atomic E-state index is 11.0. The van der Waals surface area contributed by atoms with Crippen molar-refractivity contribution in [3.8, 4) is 11.5 Å². The molecule has 1 aliphatic carbocycles. The Morgan fingerprint density at radius 2 is 2.05 bits per heavy atom. The summed E-state index contributed by atoms with van der Waals surface area (Å²) in [6, 6.07) is 6.11. The highest BCUT2D eigenvalue weighted by atomic mass is 16.5. The van der Waals surface area contributed by atoms with Crippen LogP contribution in [0.2, 0.25) is 0 Å². The van der Waals surface area contributed by atoms with Crippen molar-refractivity contribution in [2.45, 2.75) is 43.7 Å². The number of aliphatic hydroxyl groups is 1. The third-order valence-electron chi connectivity index (χ3n) is 5.17. The van der Waals surface area contributed by atoms with Gasteiger partial charge in [-0.25, -0.2) is 0 Å². The number of hydrogen-bond donors (Lipinski definition) is 2. The van der Waals surface area contributed by atoms with Crippen LogP contribution in [0.5, 0.6) is 11.5 Å². The third-order valence-corrected chi connectivity index (χ3v) is 5.17. The van der Waals surface area contributed by atoms with E-state index in [2.05, 4.69) is 11.4 Å². The summed E-state index contributed by atoms with van der Waals surface area (Å²) in [5.41, 5.74) is 0.613. The van der Waals surface area contributed by atoms with E-state index in [1.54, 1.807) is 14.2 Å². The molecule has 2 fully saturated rings. The minimum atomic E-state index is -0.515. The average Bonchev–Trinajstić information content (AvgIpc) is 2.53. The highest BCUT2D eigenvalue weighted by molar-refractivity contribution is 5.43. The van der Waals surface area contributed by atoms with Gasteiger partial charge in [-0.05, 0) is 31.9 Å². The van der Waals surface area contributed by atoms with E-state index in [1.807, 2.05) is 12.1 Å². The van der Waals surface area contributed by atoms with Crippen LogP contribution in [-0.2, 0) is 0 Å². The van der Waals surface area contributed by atoms with Crippen LogP contribution in [0.15, 0.2) is 18.2 Å². The molecule has 0 amide bonds. The van der Waals surface area contributed by atoms with E-state index < -0.39 is 5.60 Å². The summed E-state index contributed by atoms with van der Waals surface area (Å²) >= 11 is 0. The van der Waals surface area contributed by atoms with Crippen molar-refractivity contribution in [1.82, 2.24) is 5.32 Å². The number of piperidine rings is 1. The van der Waals surface area contributed by atoms with E-state index in [1.165, 1.54) is 6.42 Å². The van der Waals surface area contributed by atoms with Gasteiger partial charge in [0, 0.05) is 23.6 Å². The van der Waals surface area contributed by atoms with Crippen LogP contribution in [0.1, 0.15) is 43.7 Å².